The summed E-state index contributed by atoms with van der Waals surface area (Å²) in [7, 11) is 1.70. The van der Waals surface area contributed by atoms with Crippen molar-refractivity contribution in [3.63, 3.8) is 0 Å². The number of hydrogen-bond acceptors (Lipinski definition) is 8. The molecule has 2 aliphatic heterocycles. The maximum atomic E-state index is 13.8. The van der Waals surface area contributed by atoms with Gasteiger partial charge in [-0.05, 0) is 82.3 Å². The number of Topliss-reactive ketones (excluding diaryl/α,β-unsaturated/α-hetero) is 1. The number of rotatable bonds is 10. The molecule has 2 saturated heterocycles. The van der Waals surface area contributed by atoms with Crippen LogP contribution >= 0.6 is 0 Å². The van der Waals surface area contributed by atoms with Gasteiger partial charge in [0.05, 0.1) is 6.54 Å². The first-order valence-electron chi connectivity index (χ1n) is 15.8. The summed E-state index contributed by atoms with van der Waals surface area (Å²) in [5, 5.41) is 17.6. The number of likely N-dealkylation sites (tertiary alicyclic amines) is 2. The average molecular weight is 625 g/mol. The third-order valence-electron chi connectivity index (χ3n) is 8.60. The molecule has 240 valence electrons. The van der Waals surface area contributed by atoms with E-state index in [2.05, 4.69) is 16.7 Å². The molecule has 0 bridgehead atoms. The molecule has 2 aliphatic rings. The number of ketones is 1. The van der Waals surface area contributed by atoms with Gasteiger partial charge < -0.3 is 29.8 Å². The largest absolute Gasteiger partial charge is 0.461 e. The normalized spacial score (nSPS) is 17.3. The number of nitrogens with one attached hydrogen (secondary N) is 2. The van der Waals surface area contributed by atoms with Gasteiger partial charge in [0, 0.05) is 55.4 Å². The van der Waals surface area contributed by atoms with Gasteiger partial charge in [-0.25, -0.2) is 0 Å². The molecule has 1 atom stereocenters. The summed E-state index contributed by atoms with van der Waals surface area (Å²) >= 11 is 0. The SMILES string of the molecule is CCN(C)C(=O)c1ccc(C(=O)/C(C#N)=C(/Nc2ccc3oc(C)cc3c2)N[C@H]2CCCCN(CC(=O)N3CCCC3)C2=O)cc1. The molecule has 2 fully saturated rings. The van der Waals surface area contributed by atoms with Crippen molar-refractivity contribution in [2.24, 2.45) is 0 Å². The number of hydrogen-bond donors (Lipinski definition) is 2. The van der Waals surface area contributed by atoms with Crippen LogP contribution in [0, 0.1) is 18.3 Å². The second kappa shape index (κ2) is 14.3. The standard InChI is InChI=1S/C35H40N6O5/c1-4-39(3)34(44)25-12-10-24(11-13-25)32(43)28(21-36)33(37-27-14-15-30-26(20-27)19-23(2)46-30)38-29-9-5-6-18-41(35(29)45)22-31(42)40-16-7-8-17-40/h10-15,19-20,29,37-38H,4-9,16-18,22H2,1-3H3/b33-28-/t29-/m0/s1. The van der Waals surface area contributed by atoms with E-state index >= 15 is 0 Å². The molecule has 11 heteroatoms. The van der Waals surface area contributed by atoms with Crippen molar-refractivity contribution in [3.8, 4) is 6.07 Å². The van der Waals surface area contributed by atoms with Crippen LogP contribution in [0.15, 0.2) is 64.3 Å². The molecule has 0 radical (unpaired) electrons. The first-order chi connectivity index (χ1) is 22.2. The van der Waals surface area contributed by atoms with Gasteiger partial charge in [0.15, 0.2) is 0 Å². The summed E-state index contributed by atoms with van der Waals surface area (Å²) in [5.74, 6) is -0.228. The van der Waals surface area contributed by atoms with E-state index in [1.165, 1.54) is 12.1 Å². The third kappa shape index (κ3) is 7.23. The summed E-state index contributed by atoms with van der Waals surface area (Å²) in [5.41, 5.74) is 1.71. The molecule has 5 rings (SSSR count). The Kier molecular flexibility index (Phi) is 10.1. The van der Waals surface area contributed by atoms with Gasteiger partial charge >= 0.3 is 0 Å². The van der Waals surface area contributed by atoms with E-state index < -0.39 is 11.8 Å². The number of benzene rings is 2. The number of aryl methyl sites for hydroxylation is 1. The molecule has 2 aromatic carbocycles. The molecule has 0 unspecified atom stereocenters. The zero-order valence-corrected chi connectivity index (χ0v) is 26.6. The smallest absolute Gasteiger partial charge is 0.253 e. The number of carbonyl (C=O) groups excluding carboxylic acids is 4. The van der Waals surface area contributed by atoms with Crippen LogP contribution in [0.25, 0.3) is 11.0 Å². The van der Waals surface area contributed by atoms with Gasteiger partial charge in [-0.2, -0.15) is 5.26 Å². The summed E-state index contributed by atoms with van der Waals surface area (Å²) in [4.78, 5) is 58.1. The molecule has 1 aromatic heterocycles. The average Bonchev–Trinajstić information content (AvgIpc) is 3.70. The number of fused-ring (bicyclic) bond motifs is 1. The Morgan fingerprint density at radius 2 is 1.70 bits per heavy atom. The zero-order valence-electron chi connectivity index (χ0n) is 26.6. The van der Waals surface area contributed by atoms with Crippen LogP contribution in [0.1, 0.15) is 65.5 Å². The highest BCUT2D eigenvalue weighted by Gasteiger charge is 2.32. The van der Waals surface area contributed by atoms with Crippen LogP contribution < -0.4 is 10.6 Å². The lowest BCUT2D eigenvalue weighted by atomic mass is 10.0. The Morgan fingerprint density at radius 1 is 1.00 bits per heavy atom. The number of anilines is 1. The molecule has 0 saturated carbocycles. The van der Waals surface area contributed by atoms with Crippen LogP contribution in [0.2, 0.25) is 0 Å². The predicted octanol–water partition coefficient (Wildman–Crippen LogP) is 4.46. The Hall–Kier alpha value is -5.11. The Morgan fingerprint density at radius 3 is 2.39 bits per heavy atom. The highest BCUT2D eigenvalue weighted by Crippen LogP contribution is 2.25. The zero-order chi connectivity index (χ0) is 32.8. The molecule has 3 amide bonds. The molecular formula is C35H40N6O5. The van der Waals surface area contributed by atoms with Crippen molar-refractivity contribution >= 4 is 40.2 Å². The van der Waals surface area contributed by atoms with Crippen molar-refractivity contribution < 1.29 is 23.6 Å². The highest BCUT2D eigenvalue weighted by molar-refractivity contribution is 6.12. The lowest BCUT2D eigenvalue weighted by Crippen LogP contribution is -2.49. The highest BCUT2D eigenvalue weighted by atomic mass is 16.3. The van der Waals surface area contributed by atoms with E-state index in [-0.39, 0.29) is 41.2 Å². The second-order valence-electron chi connectivity index (χ2n) is 11.9. The molecule has 3 aromatic rings. The van der Waals surface area contributed by atoms with Crippen LogP contribution in [-0.2, 0) is 9.59 Å². The number of nitriles is 1. The first-order valence-corrected chi connectivity index (χ1v) is 15.8. The molecule has 11 nitrogen and oxygen atoms in total. The van der Waals surface area contributed by atoms with Crippen molar-refractivity contribution in [2.75, 3.05) is 45.1 Å². The fourth-order valence-electron chi connectivity index (χ4n) is 5.86. The number of furan rings is 1. The van der Waals surface area contributed by atoms with Gasteiger partial charge in [-0.1, -0.05) is 12.1 Å². The minimum Gasteiger partial charge on any atom is -0.461 e. The van der Waals surface area contributed by atoms with Crippen LogP contribution in [0.5, 0.6) is 0 Å². The third-order valence-corrected chi connectivity index (χ3v) is 8.60. The van der Waals surface area contributed by atoms with E-state index in [0.717, 1.165) is 36.8 Å². The van der Waals surface area contributed by atoms with E-state index in [9.17, 15) is 24.4 Å². The van der Waals surface area contributed by atoms with Crippen molar-refractivity contribution in [2.45, 2.75) is 52.0 Å². The molecule has 46 heavy (non-hydrogen) atoms. The molecule has 0 aliphatic carbocycles. The quantitative estimate of drug-likeness (QED) is 0.192. The van der Waals surface area contributed by atoms with Crippen molar-refractivity contribution in [1.82, 2.24) is 20.0 Å². The number of nitrogens with zero attached hydrogens (tertiary/aromatic N) is 4. The maximum Gasteiger partial charge on any atom is 0.253 e. The van der Waals surface area contributed by atoms with Crippen LogP contribution in [-0.4, -0.2) is 84.0 Å². The molecular weight excluding hydrogens is 584 g/mol. The topological polar surface area (TPSA) is 139 Å². The second-order valence-corrected chi connectivity index (χ2v) is 11.9. The lowest BCUT2D eigenvalue weighted by molar-refractivity contribution is -0.140. The molecule has 3 heterocycles. The van der Waals surface area contributed by atoms with Gasteiger partial charge in [0.1, 0.15) is 34.8 Å². The minimum atomic E-state index is -0.767. The summed E-state index contributed by atoms with van der Waals surface area (Å²) < 4.78 is 5.70. The predicted molar refractivity (Wildman–Crippen MR) is 174 cm³/mol. The van der Waals surface area contributed by atoms with E-state index in [4.69, 9.17) is 4.42 Å². The summed E-state index contributed by atoms with van der Waals surface area (Å²) in [6.07, 6.45) is 3.86. The van der Waals surface area contributed by atoms with E-state index in [1.54, 1.807) is 46.0 Å². The van der Waals surface area contributed by atoms with Crippen molar-refractivity contribution in [3.05, 3.63) is 76.8 Å². The van der Waals surface area contributed by atoms with Crippen LogP contribution in [0.3, 0.4) is 0 Å². The maximum absolute atomic E-state index is 13.8. The van der Waals surface area contributed by atoms with Gasteiger partial charge in [-0.15, -0.1) is 0 Å². The Balaban J connectivity index is 1.46. The van der Waals surface area contributed by atoms with Gasteiger partial charge in [0.25, 0.3) is 5.91 Å². The number of allylic oxidation sites excluding steroid dienone is 1. The monoisotopic (exact) mass is 624 g/mol. The fourth-order valence-corrected chi connectivity index (χ4v) is 5.86. The Bertz CT molecular complexity index is 1700. The van der Waals surface area contributed by atoms with E-state index in [0.29, 0.717) is 49.4 Å². The van der Waals surface area contributed by atoms with Crippen molar-refractivity contribution in [1.29, 1.82) is 5.26 Å². The van der Waals surface area contributed by atoms with Crippen LogP contribution in [0.4, 0.5) is 5.69 Å². The van der Waals surface area contributed by atoms with E-state index in [1.807, 2.05) is 26.0 Å². The summed E-state index contributed by atoms with van der Waals surface area (Å²) in [6, 6.07) is 14.8. The Labute approximate surface area is 268 Å². The van der Waals surface area contributed by atoms with Gasteiger partial charge in [0.2, 0.25) is 17.6 Å². The summed E-state index contributed by atoms with van der Waals surface area (Å²) in [6.45, 7) is 6.13. The molecule has 0 spiro atoms. The minimum absolute atomic E-state index is 0.00231. The first kappa shape index (κ1) is 32.3. The van der Waals surface area contributed by atoms with Gasteiger partial charge in [-0.3, -0.25) is 19.2 Å². The number of carbonyl (C=O) groups is 4. The fraction of sp³-hybridized carbons (Fsp3) is 0.400. The lowest BCUT2D eigenvalue weighted by Gasteiger charge is -2.28. The molecule has 2 N–H and O–H groups in total. The number of amides is 3.